The first-order chi connectivity index (χ1) is 14.0. The predicted octanol–water partition coefficient (Wildman–Crippen LogP) is 3.48. The molecule has 2 aromatic rings. The largest absolute Gasteiger partial charge is 0.496 e. The van der Waals surface area contributed by atoms with E-state index in [0.717, 1.165) is 38.3 Å². The van der Waals surface area contributed by atoms with Crippen LogP contribution >= 0.6 is 0 Å². The maximum absolute atomic E-state index is 5.50. The molecule has 0 bridgehead atoms. The minimum Gasteiger partial charge on any atom is -0.496 e. The minimum atomic E-state index is 0.679. The minimum absolute atomic E-state index is 0.679. The van der Waals surface area contributed by atoms with Gasteiger partial charge in [0.1, 0.15) is 17.2 Å². The van der Waals surface area contributed by atoms with Crippen LogP contribution in [0.25, 0.3) is 0 Å². The van der Waals surface area contributed by atoms with Crippen molar-refractivity contribution in [1.29, 1.82) is 0 Å². The van der Waals surface area contributed by atoms with E-state index in [0.29, 0.717) is 17.2 Å². The zero-order valence-corrected chi connectivity index (χ0v) is 18.1. The number of hydrogen-bond donors (Lipinski definition) is 0. The van der Waals surface area contributed by atoms with Gasteiger partial charge in [-0.3, -0.25) is 9.91 Å². The van der Waals surface area contributed by atoms with Gasteiger partial charge in [-0.25, -0.2) is 0 Å². The Bertz CT molecular complexity index is 833. The van der Waals surface area contributed by atoms with E-state index in [-0.39, 0.29) is 0 Å². The molecule has 1 aliphatic rings. The molecular formula is C23H31N3O3. The van der Waals surface area contributed by atoms with E-state index in [1.807, 2.05) is 18.3 Å². The number of piperazine rings is 1. The Morgan fingerprint density at radius 3 is 2.10 bits per heavy atom. The highest BCUT2D eigenvalue weighted by Gasteiger charge is 2.17. The van der Waals surface area contributed by atoms with Crippen LogP contribution in [0.4, 0.5) is 0 Å². The van der Waals surface area contributed by atoms with Crippen LogP contribution < -0.4 is 14.2 Å². The zero-order chi connectivity index (χ0) is 20.8. The summed E-state index contributed by atoms with van der Waals surface area (Å²) in [7, 11) is 4.90. The third-order valence-electron chi connectivity index (χ3n) is 5.34. The van der Waals surface area contributed by atoms with Gasteiger partial charge in [-0.1, -0.05) is 23.8 Å². The number of rotatable bonds is 7. The summed E-state index contributed by atoms with van der Waals surface area (Å²) in [6.45, 7) is 9.08. The monoisotopic (exact) mass is 397 g/mol. The molecule has 3 rings (SSSR count). The van der Waals surface area contributed by atoms with Crippen LogP contribution in [-0.4, -0.2) is 63.6 Å². The maximum atomic E-state index is 5.50. The highest BCUT2D eigenvalue weighted by molar-refractivity contribution is 5.88. The van der Waals surface area contributed by atoms with Crippen molar-refractivity contribution in [2.45, 2.75) is 20.4 Å². The summed E-state index contributed by atoms with van der Waals surface area (Å²) in [6, 6.07) is 10.4. The van der Waals surface area contributed by atoms with Crippen LogP contribution in [0.15, 0.2) is 35.4 Å². The van der Waals surface area contributed by atoms with Crippen molar-refractivity contribution in [3.8, 4) is 17.2 Å². The maximum Gasteiger partial charge on any atom is 0.135 e. The summed E-state index contributed by atoms with van der Waals surface area (Å²) >= 11 is 0. The van der Waals surface area contributed by atoms with Crippen molar-refractivity contribution in [2.24, 2.45) is 5.10 Å². The lowest BCUT2D eigenvalue weighted by Gasteiger charge is -2.33. The highest BCUT2D eigenvalue weighted by atomic mass is 16.5. The predicted molar refractivity (Wildman–Crippen MR) is 116 cm³/mol. The SMILES string of the molecule is COc1cc(OC)c(/C=N/N2CCN(Cc3ccc(C)cc3C)CC2)c(OC)c1. The zero-order valence-electron chi connectivity index (χ0n) is 18.1. The standard InChI is InChI=1S/C23H31N3O3/c1-17-6-7-19(18(2)12-17)16-25-8-10-26(11-9-25)24-15-21-22(28-4)13-20(27-3)14-23(21)29-5/h6-7,12-15H,8-11,16H2,1-5H3/b24-15+. The lowest BCUT2D eigenvalue weighted by atomic mass is 10.1. The number of nitrogens with zero attached hydrogens (tertiary/aromatic N) is 3. The van der Waals surface area contributed by atoms with E-state index in [1.165, 1.54) is 16.7 Å². The van der Waals surface area contributed by atoms with Crippen molar-refractivity contribution < 1.29 is 14.2 Å². The third-order valence-corrected chi connectivity index (χ3v) is 5.34. The third kappa shape index (κ3) is 5.21. The molecule has 29 heavy (non-hydrogen) atoms. The second-order valence-corrected chi connectivity index (χ2v) is 7.35. The number of aryl methyl sites for hydroxylation is 2. The first-order valence-electron chi connectivity index (χ1n) is 9.91. The fraction of sp³-hybridized carbons (Fsp3) is 0.435. The molecule has 6 nitrogen and oxygen atoms in total. The Hall–Kier alpha value is -2.73. The van der Waals surface area contributed by atoms with Crippen molar-refractivity contribution in [3.63, 3.8) is 0 Å². The Labute approximate surface area is 173 Å². The fourth-order valence-electron chi connectivity index (χ4n) is 3.57. The van der Waals surface area contributed by atoms with Gasteiger partial charge >= 0.3 is 0 Å². The Kier molecular flexibility index (Phi) is 6.99. The molecule has 0 aromatic heterocycles. The highest BCUT2D eigenvalue weighted by Crippen LogP contribution is 2.32. The van der Waals surface area contributed by atoms with Crippen molar-refractivity contribution in [2.75, 3.05) is 47.5 Å². The molecule has 0 saturated carbocycles. The molecule has 1 fully saturated rings. The molecule has 1 aliphatic heterocycles. The summed E-state index contributed by atoms with van der Waals surface area (Å²) in [5.74, 6) is 2.05. The van der Waals surface area contributed by atoms with Gasteiger partial charge in [0.25, 0.3) is 0 Å². The van der Waals surface area contributed by atoms with Gasteiger partial charge < -0.3 is 14.2 Å². The smallest absolute Gasteiger partial charge is 0.135 e. The topological polar surface area (TPSA) is 46.5 Å². The van der Waals surface area contributed by atoms with Gasteiger partial charge in [-0.05, 0) is 25.0 Å². The molecule has 0 unspecified atom stereocenters. The van der Waals surface area contributed by atoms with E-state index in [1.54, 1.807) is 21.3 Å². The van der Waals surface area contributed by atoms with E-state index in [4.69, 9.17) is 14.2 Å². The molecule has 0 spiro atoms. The molecule has 156 valence electrons. The van der Waals surface area contributed by atoms with E-state index in [9.17, 15) is 0 Å². The molecule has 0 N–H and O–H groups in total. The van der Waals surface area contributed by atoms with E-state index < -0.39 is 0 Å². The first kappa shape index (κ1) is 21.0. The van der Waals surface area contributed by atoms with Crippen molar-refractivity contribution in [3.05, 3.63) is 52.6 Å². The van der Waals surface area contributed by atoms with E-state index in [2.05, 4.69) is 47.1 Å². The number of methoxy groups -OCH3 is 3. The molecule has 0 aliphatic carbocycles. The van der Waals surface area contributed by atoms with Crippen LogP contribution in [0.2, 0.25) is 0 Å². The molecule has 0 radical (unpaired) electrons. The van der Waals surface area contributed by atoms with Crippen LogP contribution in [0.1, 0.15) is 22.3 Å². The van der Waals surface area contributed by atoms with Gasteiger partial charge in [0.15, 0.2) is 0 Å². The molecule has 0 atom stereocenters. The molecule has 2 aromatic carbocycles. The van der Waals surface area contributed by atoms with Gasteiger partial charge in [0.2, 0.25) is 0 Å². The molecule has 1 saturated heterocycles. The van der Waals surface area contributed by atoms with Crippen LogP contribution in [-0.2, 0) is 6.54 Å². The van der Waals surface area contributed by atoms with Gasteiger partial charge in [-0.15, -0.1) is 0 Å². The van der Waals surface area contributed by atoms with Crippen LogP contribution in [0.5, 0.6) is 17.2 Å². The van der Waals surface area contributed by atoms with E-state index >= 15 is 0 Å². The number of hydrazone groups is 1. The summed E-state index contributed by atoms with van der Waals surface area (Å²) in [5, 5.41) is 6.78. The Morgan fingerprint density at radius 2 is 1.55 bits per heavy atom. The number of benzene rings is 2. The lowest BCUT2D eigenvalue weighted by molar-refractivity contribution is 0.131. The number of hydrogen-bond acceptors (Lipinski definition) is 6. The average molecular weight is 398 g/mol. The van der Waals surface area contributed by atoms with Crippen LogP contribution in [0, 0.1) is 13.8 Å². The molecule has 0 amide bonds. The second-order valence-electron chi connectivity index (χ2n) is 7.35. The fourth-order valence-corrected chi connectivity index (χ4v) is 3.57. The lowest BCUT2D eigenvalue weighted by Crippen LogP contribution is -2.43. The number of ether oxygens (including phenoxy) is 3. The second kappa shape index (κ2) is 9.65. The molecular weight excluding hydrogens is 366 g/mol. The normalized spacial score (nSPS) is 15.0. The van der Waals surface area contributed by atoms with Crippen molar-refractivity contribution in [1.82, 2.24) is 9.91 Å². The van der Waals surface area contributed by atoms with Gasteiger partial charge in [0, 0.05) is 44.9 Å². The molecule has 6 heteroatoms. The Balaban J connectivity index is 1.63. The Morgan fingerprint density at radius 1 is 0.897 bits per heavy atom. The first-order valence-corrected chi connectivity index (χ1v) is 9.91. The molecule has 1 heterocycles. The van der Waals surface area contributed by atoms with Crippen molar-refractivity contribution >= 4 is 6.21 Å². The summed E-state index contributed by atoms with van der Waals surface area (Å²) < 4.78 is 16.3. The quantitative estimate of drug-likeness (QED) is 0.670. The van der Waals surface area contributed by atoms with Gasteiger partial charge in [-0.2, -0.15) is 5.10 Å². The summed E-state index contributed by atoms with van der Waals surface area (Å²) in [4.78, 5) is 2.48. The van der Waals surface area contributed by atoms with Crippen LogP contribution in [0.3, 0.4) is 0 Å². The summed E-state index contributed by atoms with van der Waals surface area (Å²) in [6.07, 6.45) is 1.82. The summed E-state index contributed by atoms with van der Waals surface area (Å²) in [5.41, 5.74) is 4.90. The average Bonchev–Trinajstić information content (AvgIpc) is 2.74. The van der Waals surface area contributed by atoms with Gasteiger partial charge in [0.05, 0.1) is 33.1 Å².